The number of hydrogen-bond acceptors (Lipinski definition) is 4. The standard InChI is InChI=1S/C17H21N5O2/c1-12-8-19-15(20-12)11-21(2)17(24)13-7-16(23)22(9-13)10-14-5-3-4-6-18-14/h3-6,8,13H,7,9-11H2,1-2H3,(H,19,20)/t13-/m0/s1. The van der Waals surface area contributed by atoms with Crippen LogP contribution < -0.4 is 0 Å². The quantitative estimate of drug-likeness (QED) is 0.892. The third kappa shape index (κ3) is 3.61. The van der Waals surface area contributed by atoms with Crippen molar-refractivity contribution in [2.24, 2.45) is 5.92 Å². The van der Waals surface area contributed by atoms with E-state index in [4.69, 9.17) is 0 Å². The third-order valence-corrected chi connectivity index (χ3v) is 4.16. The molecule has 7 heteroatoms. The van der Waals surface area contributed by atoms with Gasteiger partial charge < -0.3 is 14.8 Å². The van der Waals surface area contributed by atoms with E-state index in [9.17, 15) is 9.59 Å². The number of nitrogens with zero attached hydrogens (tertiary/aromatic N) is 4. The Balaban J connectivity index is 1.59. The highest BCUT2D eigenvalue weighted by Crippen LogP contribution is 2.22. The van der Waals surface area contributed by atoms with E-state index in [0.29, 0.717) is 19.6 Å². The number of carbonyl (C=O) groups is 2. The molecule has 0 aliphatic carbocycles. The van der Waals surface area contributed by atoms with E-state index in [-0.39, 0.29) is 24.2 Å². The normalized spacial score (nSPS) is 17.3. The monoisotopic (exact) mass is 327 g/mol. The summed E-state index contributed by atoms with van der Waals surface area (Å²) < 4.78 is 0. The maximum Gasteiger partial charge on any atom is 0.228 e. The van der Waals surface area contributed by atoms with E-state index < -0.39 is 0 Å². The summed E-state index contributed by atoms with van der Waals surface area (Å²) in [6, 6.07) is 5.62. The summed E-state index contributed by atoms with van der Waals surface area (Å²) in [6.45, 7) is 3.22. The second kappa shape index (κ2) is 6.82. The number of aromatic nitrogens is 3. The smallest absolute Gasteiger partial charge is 0.228 e. The fraction of sp³-hybridized carbons (Fsp3) is 0.412. The molecule has 0 spiro atoms. The predicted octanol–water partition coefficient (Wildman–Crippen LogP) is 1.12. The number of H-pyrrole nitrogens is 1. The molecule has 2 aromatic heterocycles. The lowest BCUT2D eigenvalue weighted by Crippen LogP contribution is -2.34. The molecule has 126 valence electrons. The zero-order valence-electron chi connectivity index (χ0n) is 13.9. The Morgan fingerprint density at radius 3 is 2.92 bits per heavy atom. The topological polar surface area (TPSA) is 82.2 Å². The van der Waals surface area contributed by atoms with Gasteiger partial charge in [0.25, 0.3) is 0 Å². The Kier molecular flexibility index (Phi) is 4.59. The molecule has 0 bridgehead atoms. The van der Waals surface area contributed by atoms with E-state index in [2.05, 4.69) is 15.0 Å². The summed E-state index contributed by atoms with van der Waals surface area (Å²) in [5.41, 5.74) is 1.79. The molecule has 1 fully saturated rings. The predicted molar refractivity (Wildman–Crippen MR) is 87.6 cm³/mol. The Morgan fingerprint density at radius 1 is 1.42 bits per heavy atom. The lowest BCUT2D eigenvalue weighted by atomic mass is 10.1. The van der Waals surface area contributed by atoms with Gasteiger partial charge in [0.15, 0.2) is 0 Å². The molecule has 0 aromatic carbocycles. The molecule has 3 heterocycles. The number of likely N-dealkylation sites (tertiary alicyclic amines) is 1. The number of aryl methyl sites for hydroxylation is 1. The van der Waals surface area contributed by atoms with Crippen LogP contribution >= 0.6 is 0 Å². The van der Waals surface area contributed by atoms with Gasteiger partial charge >= 0.3 is 0 Å². The number of amides is 2. The Bertz CT molecular complexity index is 728. The van der Waals surface area contributed by atoms with Crippen LogP contribution in [0, 0.1) is 12.8 Å². The first-order valence-corrected chi connectivity index (χ1v) is 7.96. The molecule has 1 saturated heterocycles. The summed E-state index contributed by atoms with van der Waals surface area (Å²) in [4.78, 5) is 39.7. The zero-order chi connectivity index (χ0) is 17.1. The summed E-state index contributed by atoms with van der Waals surface area (Å²) >= 11 is 0. The highest BCUT2D eigenvalue weighted by molar-refractivity contribution is 5.89. The third-order valence-electron chi connectivity index (χ3n) is 4.16. The van der Waals surface area contributed by atoms with Gasteiger partial charge in [0.2, 0.25) is 11.8 Å². The number of nitrogens with one attached hydrogen (secondary N) is 1. The summed E-state index contributed by atoms with van der Waals surface area (Å²) in [5.74, 6) is 0.419. The SMILES string of the molecule is Cc1cnc(CN(C)C(=O)[C@H]2CC(=O)N(Cc3ccccn3)C2)[nH]1. The molecule has 1 N–H and O–H groups in total. The first-order valence-electron chi connectivity index (χ1n) is 7.96. The number of pyridine rings is 1. The zero-order valence-corrected chi connectivity index (χ0v) is 13.9. The number of rotatable bonds is 5. The van der Waals surface area contributed by atoms with Crippen molar-refractivity contribution in [1.82, 2.24) is 24.8 Å². The van der Waals surface area contributed by atoms with Crippen molar-refractivity contribution in [3.8, 4) is 0 Å². The summed E-state index contributed by atoms with van der Waals surface area (Å²) in [7, 11) is 1.74. The number of carbonyl (C=O) groups excluding carboxylic acids is 2. The lowest BCUT2D eigenvalue weighted by Gasteiger charge is -2.20. The van der Waals surface area contributed by atoms with E-state index in [1.54, 1.807) is 29.2 Å². The van der Waals surface area contributed by atoms with Gasteiger partial charge in [-0.2, -0.15) is 0 Å². The minimum absolute atomic E-state index is 0.00115. The number of imidazole rings is 1. The van der Waals surface area contributed by atoms with Gasteiger partial charge in [0.1, 0.15) is 5.82 Å². The Hall–Kier alpha value is -2.70. The van der Waals surface area contributed by atoms with Crippen LogP contribution in [0.4, 0.5) is 0 Å². The summed E-state index contributed by atoms with van der Waals surface area (Å²) in [6.07, 6.45) is 3.70. The van der Waals surface area contributed by atoms with E-state index in [0.717, 1.165) is 17.2 Å². The first kappa shape index (κ1) is 16.2. The van der Waals surface area contributed by atoms with Crippen molar-refractivity contribution < 1.29 is 9.59 Å². The molecular weight excluding hydrogens is 306 g/mol. The van der Waals surface area contributed by atoms with Gasteiger partial charge in [-0.05, 0) is 19.1 Å². The molecule has 0 radical (unpaired) electrons. The van der Waals surface area contributed by atoms with Crippen LogP contribution in [0.3, 0.4) is 0 Å². The highest BCUT2D eigenvalue weighted by Gasteiger charge is 2.35. The van der Waals surface area contributed by atoms with Crippen LogP contribution in [0.25, 0.3) is 0 Å². The van der Waals surface area contributed by atoms with Crippen LogP contribution in [0.5, 0.6) is 0 Å². The number of hydrogen-bond donors (Lipinski definition) is 1. The van der Waals surface area contributed by atoms with Crippen LogP contribution in [-0.2, 0) is 22.7 Å². The van der Waals surface area contributed by atoms with Gasteiger partial charge in [-0.15, -0.1) is 0 Å². The molecular formula is C17H21N5O2. The second-order valence-corrected chi connectivity index (χ2v) is 6.20. The minimum Gasteiger partial charge on any atom is -0.345 e. The molecule has 3 rings (SSSR count). The second-order valence-electron chi connectivity index (χ2n) is 6.20. The van der Waals surface area contributed by atoms with Gasteiger partial charge in [0.05, 0.1) is 24.7 Å². The molecule has 1 aliphatic heterocycles. The van der Waals surface area contributed by atoms with Gasteiger partial charge in [0, 0.05) is 38.1 Å². The van der Waals surface area contributed by atoms with Crippen molar-refractivity contribution in [2.45, 2.75) is 26.4 Å². The van der Waals surface area contributed by atoms with Crippen LogP contribution in [0.1, 0.15) is 23.6 Å². The average Bonchev–Trinajstić information content (AvgIpc) is 3.14. The van der Waals surface area contributed by atoms with Crippen molar-refractivity contribution >= 4 is 11.8 Å². The van der Waals surface area contributed by atoms with E-state index in [1.165, 1.54) is 0 Å². The molecule has 2 aromatic rings. The molecule has 7 nitrogen and oxygen atoms in total. The molecule has 1 atom stereocenters. The average molecular weight is 327 g/mol. The number of aromatic amines is 1. The van der Waals surface area contributed by atoms with Crippen LogP contribution in [0.15, 0.2) is 30.6 Å². The van der Waals surface area contributed by atoms with Gasteiger partial charge in [-0.1, -0.05) is 6.07 Å². The van der Waals surface area contributed by atoms with E-state index >= 15 is 0 Å². The van der Waals surface area contributed by atoms with Gasteiger partial charge in [-0.25, -0.2) is 4.98 Å². The minimum atomic E-state index is -0.303. The molecule has 0 saturated carbocycles. The van der Waals surface area contributed by atoms with Crippen molar-refractivity contribution in [2.75, 3.05) is 13.6 Å². The summed E-state index contributed by atoms with van der Waals surface area (Å²) in [5, 5.41) is 0. The van der Waals surface area contributed by atoms with Crippen molar-refractivity contribution in [3.63, 3.8) is 0 Å². The fourth-order valence-electron chi connectivity index (χ4n) is 2.94. The Labute approximate surface area is 140 Å². The highest BCUT2D eigenvalue weighted by atomic mass is 16.2. The van der Waals surface area contributed by atoms with Crippen LogP contribution in [0.2, 0.25) is 0 Å². The molecule has 2 amide bonds. The largest absolute Gasteiger partial charge is 0.345 e. The van der Waals surface area contributed by atoms with Crippen LogP contribution in [-0.4, -0.2) is 50.2 Å². The Morgan fingerprint density at radius 2 is 2.25 bits per heavy atom. The van der Waals surface area contributed by atoms with Crippen molar-refractivity contribution in [3.05, 3.63) is 47.8 Å². The maximum atomic E-state index is 12.6. The maximum absolute atomic E-state index is 12.6. The lowest BCUT2D eigenvalue weighted by molar-refractivity contribution is -0.135. The van der Waals surface area contributed by atoms with Crippen molar-refractivity contribution in [1.29, 1.82) is 0 Å². The van der Waals surface area contributed by atoms with Gasteiger partial charge in [-0.3, -0.25) is 14.6 Å². The van der Waals surface area contributed by atoms with E-state index in [1.807, 2.05) is 25.1 Å². The molecule has 1 aliphatic rings. The molecule has 24 heavy (non-hydrogen) atoms. The first-order chi connectivity index (χ1) is 11.5. The fourth-order valence-corrected chi connectivity index (χ4v) is 2.94. The molecule has 0 unspecified atom stereocenters.